The normalized spacial score (nSPS) is 25.9. The zero-order valence-corrected chi connectivity index (χ0v) is 10.2. The van der Waals surface area contributed by atoms with E-state index in [0.29, 0.717) is 6.04 Å². The third-order valence-corrected chi connectivity index (χ3v) is 3.70. The smallest absolute Gasteiger partial charge is 0.0827 e. The molecule has 3 nitrogen and oxygen atoms in total. The highest BCUT2D eigenvalue weighted by molar-refractivity contribution is 5.52. The van der Waals surface area contributed by atoms with E-state index in [2.05, 4.69) is 31.2 Å². The van der Waals surface area contributed by atoms with Crippen LogP contribution in [0.5, 0.6) is 0 Å². The van der Waals surface area contributed by atoms with Gasteiger partial charge in [0.1, 0.15) is 0 Å². The van der Waals surface area contributed by atoms with Crippen LogP contribution in [0.25, 0.3) is 0 Å². The van der Waals surface area contributed by atoms with Gasteiger partial charge < -0.3 is 5.32 Å². The minimum atomic E-state index is 0.645. The highest BCUT2D eigenvalue weighted by Crippen LogP contribution is 2.30. The lowest BCUT2D eigenvalue weighted by Crippen LogP contribution is -2.22. The minimum Gasteiger partial charge on any atom is -0.379 e. The fraction of sp³-hybridized carbons (Fsp3) is 0.750. The van der Waals surface area contributed by atoms with Crippen molar-refractivity contribution in [1.82, 2.24) is 9.78 Å². The predicted molar refractivity (Wildman–Crippen MR) is 63.1 cm³/mol. The average Bonchev–Trinajstić information content (AvgIpc) is 2.67. The van der Waals surface area contributed by atoms with Crippen molar-refractivity contribution in [3.8, 4) is 0 Å². The SMILES string of the molecule is Cc1nn(C)c(C)c1NC1CCCC1C. The van der Waals surface area contributed by atoms with E-state index in [1.54, 1.807) is 0 Å². The third kappa shape index (κ3) is 1.87. The summed E-state index contributed by atoms with van der Waals surface area (Å²) in [6.07, 6.45) is 4.02. The lowest BCUT2D eigenvalue weighted by molar-refractivity contribution is 0.556. The maximum atomic E-state index is 4.43. The number of nitrogens with one attached hydrogen (secondary N) is 1. The highest BCUT2D eigenvalue weighted by Gasteiger charge is 2.24. The molecule has 2 atom stereocenters. The molecule has 0 saturated heterocycles. The van der Waals surface area contributed by atoms with Crippen molar-refractivity contribution in [2.24, 2.45) is 13.0 Å². The predicted octanol–water partition coefficient (Wildman–Crippen LogP) is 2.64. The molecule has 0 amide bonds. The number of anilines is 1. The molecule has 2 unspecified atom stereocenters. The Morgan fingerprint density at radius 3 is 2.53 bits per heavy atom. The monoisotopic (exact) mass is 207 g/mol. The van der Waals surface area contributed by atoms with Gasteiger partial charge in [-0.15, -0.1) is 0 Å². The molecular formula is C12H21N3. The van der Waals surface area contributed by atoms with Gasteiger partial charge >= 0.3 is 0 Å². The molecule has 1 saturated carbocycles. The van der Waals surface area contributed by atoms with Crippen LogP contribution in [0, 0.1) is 19.8 Å². The van der Waals surface area contributed by atoms with Gasteiger partial charge in [0.25, 0.3) is 0 Å². The Labute approximate surface area is 91.9 Å². The molecule has 1 N–H and O–H groups in total. The Morgan fingerprint density at radius 1 is 1.33 bits per heavy atom. The molecule has 0 radical (unpaired) electrons. The lowest BCUT2D eigenvalue weighted by atomic mass is 10.1. The Morgan fingerprint density at radius 2 is 2.07 bits per heavy atom. The van der Waals surface area contributed by atoms with E-state index >= 15 is 0 Å². The second-order valence-corrected chi connectivity index (χ2v) is 4.83. The minimum absolute atomic E-state index is 0.645. The van der Waals surface area contributed by atoms with Crippen LogP contribution >= 0.6 is 0 Å². The van der Waals surface area contributed by atoms with Gasteiger partial charge in [0, 0.05) is 13.1 Å². The van der Waals surface area contributed by atoms with Crippen molar-refractivity contribution in [2.75, 3.05) is 5.32 Å². The zero-order chi connectivity index (χ0) is 11.0. The summed E-state index contributed by atoms with van der Waals surface area (Å²) in [7, 11) is 2.01. The van der Waals surface area contributed by atoms with Gasteiger partial charge in [-0.2, -0.15) is 5.10 Å². The van der Waals surface area contributed by atoms with Crippen molar-refractivity contribution in [3.63, 3.8) is 0 Å². The van der Waals surface area contributed by atoms with E-state index < -0.39 is 0 Å². The second kappa shape index (κ2) is 3.87. The topological polar surface area (TPSA) is 29.9 Å². The first-order valence-corrected chi connectivity index (χ1v) is 5.86. The summed E-state index contributed by atoms with van der Waals surface area (Å²) in [5.74, 6) is 0.795. The summed E-state index contributed by atoms with van der Waals surface area (Å²) in [5, 5.41) is 8.10. The number of rotatable bonds is 2. The summed E-state index contributed by atoms with van der Waals surface area (Å²) < 4.78 is 1.96. The first kappa shape index (κ1) is 10.5. The zero-order valence-electron chi connectivity index (χ0n) is 10.2. The fourth-order valence-corrected chi connectivity index (χ4v) is 2.53. The van der Waals surface area contributed by atoms with Gasteiger partial charge in [-0.1, -0.05) is 13.3 Å². The van der Waals surface area contributed by atoms with Crippen LogP contribution in [-0.2, 0) is 7.05 Å². The van der Waals surface area contributed by atoms with E-state index in [-0.39, 0.29) is 0 Å². The molecule has 3 heteroatoms. The third-order valence-electron chi connectivity index (χ3n) is 3.70. The lowest BCUT2D eigenvalue weighted by Gasteiger charge is -2.18. The summed E-state index contributed by atoms with van der Waals surface area (Å²) in [6, 6.07) is 0.645. The molecule has 0 aromatic carbocycles. The largest absolute Gasteiger partial charge is 0.379 e. The van der Waals surface area contributed by atoms with Gasteiger partial charge in [-0.05, 0) is 32.6 Å². The van der Waals surface area contributed by atoms with E-state index in [1.165, 1.54) is 30.6 Å². The molecule has 1 heterocycles. The van der Waals surface area contributed by atoms with Gasteiger partial charge in [0.15, 0.2) is 0 Å². The van der Waals surface area contributed by atoms with Crippen LogP contribution in [0.4, 0.5) is 5.69 Å². The summed E-state index contributed by atoms with van der Waals surface area (Å²) in [5.41, 5.74) is 3.61. The van der Waals surface area contributed by atoms with Crippen LogP contribution in [-0.4, -0.2) is 15.8 Å². The van der Waals surface area contributed by atoms with Crippen molar-refractivity contribution in [3.05, 3.63) is 11.4 Å². The molecule has 1 aromatic rings. The molecule has 0 aliphatic heterocycles. The Bertz CT molecular complexity index is 354. The molecule has 1 aromatic heterocycles. The van der Waals surface area contributed by atoms with Crippen LogP contribution in [0.2, 0.25) is 0 Å². The first-order chi connectivity index (χ1) is 7.09. The Kier molecular flexibility index (Phi) is 2.72. The maximum Gasteiger partial charge on any atom is 0.0827 e. The average molecular weight is 207 g/mol. The van der Waals surface area contributed by atoms with E-state index in [9.17, 15) is 0 Å². The van der Waals surface area contributed by atoms with Crippen molar-refractivity contribution in [1.29, 1.82) is 0 Å². The fourth-order valence-electron chi connectivity index (χ4n) is 2.53. The first-order valence-electron chi connectivity index (χ1n) is 5.86. The van der Waals surface area contributed by atoms with Crippen LogP contribution in [0.15, 0.2) is 0 Å². The van der Waals surface area contributed by atoms with Crippen LogP contribution in [0.1, 0.15) is 37.6 Å². The van der Waals surface area contributed by atoms with Gasteiger partial charge in [-0.3, -0.25) is 4.68 Å². The number of aromatic nitrogens is 2. The van der Waals surface area contributed by atoms with E-state index in [0.717, 1.165) is 11.6 Å². The molecule has 0 bridgehead atoms. The Balaban J connectivity index is 2.16. The molecule has 1 aliphatic rings. The Hall–Kier alpha value is -0.990. The molecular weight excluding hydrogens is 186 g/mol. The van der Waals surface area contributed by atoms with Crippen molar-refractivity contribution < 1.29 is 0 Å². The molecule has 1 aliphatic carbocycles. The van der Waals surface area contributed by atoms with E-state index in [1.807, 2.05) is 11.7 Å². The number of nitrogens with zero attached hydrogens (tertiary/aromatic N) is 2. The van der Waals surface area contributed by atoms with Crippen LogP contribution in [0.3, 0.4) is 0 Å². The van der Waals surface area contributed by atoms with E-state index in [4.69, 9.17) is 0 Å². The van der Waals surface area contributed by atoms with Crippen molar-refractivity contribution in [2.45, 2.75) is 46.1 Å². The maximum absolute atomic E-state index is 4.43. The quantitative estimate of drug-likeness (QED) is 0.808. The van der Waals surface area contributed by atoms with Gasteiger partial charge in [0.05, 0.1) is 17.1 Å². The number of hydrogen-bond donors (Lipinski definition) is 1. The molecule has 15 heavy (non-hydrogen) atoms. The van der Waals surface area contributed by atoms with Crippen LogP contribution < -0.4 is 5.32 Å². The standard InChI is InChI=1S/C12H21N3/c1-8-6-5-7-11(8)13-12-9(2)14-15(4)10(12)3/h8,11,13H,5-7H2,1-4H3. The number of aryl methyl sites for hydroxylation is 2. The number of hydrogen-bond acceptors (Lipinski definition) is 2. The molecule has 2 rings (SSSR count). The summed E-state index contributed by atoms with van der Waals surface area (Å²) >= 11 is 0. The summed E-state index contributed by atoms with van der Waals surface area (Å²) in [4.78, 5) is 0. The highest BCUT2D eigenvalue weighted by atomic mass is 15.3. The molecule has 0 spiro atoms. The second-order valence-electron chi connectivity index (χ2n) is 4.83. The molecule has 84 valence electrons. The van der Waals surface area contributed by atoms with Gasteiger partial charge in [0.2, 0.25) is 0 Å². The van der Waals surface area contributed by atoms with Crippen molar-refractivity contribution >= 4 is 5.69 Å². The van der Waals surface area contributed by atoms with Gasteiger partial charge in [-0.25, -0.2) is 0 Å². The summed E-state index contributed by atoms with van der Waals surface area (Å²) in [6.45, 7) is 6.54. The molecule has 1 fully saturated rings.